The second kappa shape index (κ2) is 7.24. The van der Waals surface area contributed by atoms with E-state index in [1.807, 2.05) is 13.0 Å². The number of rotatable bonds is 3. The van der Waals surface area contributed by atoms with Crippen molar-refractivity contribution in [1.82, 2.24) is 15.4 Å². The molecule has 140 valence electrons. The number of aromatic hydroxyl groups is 1. The number of H-pyrrole nitrogens is 1. The number of nitrogens with one attached hydrogen (secondary N) is 2. The van der Waals surface area contributed by atoms with Crippen LogP contribution in [0, 0.1) is 0 Å². The van der Waals surface area contributed by atoms with Crippen molar-refractivity contribution in [1.29, 1.82) is 0 Å². The maximum Gasteiger partial charge on any atom is 0.299 e. The molecule has 0 radical (unpaired) electrons. The van der Waals surface area contributed by atoms with Crippen LogP contribution in [0.25, 0.3) is 10.9 Å². The van der Waals surface area contributed by atoms with Crippen LogP contribution in [-0.4, -0.2) is 37.2 Å². The van der Waals surface area contributed by atoms with Crippen molar-refractivity contribution < 1.29 is 14.7 Å². The van der Waals surface area contributed by atoms with E-state index in [1.54, 1.807) is 12.1 Å². The topological polar surface area (TPSA) is 132 Å². The van der Waals surface area contributed by atoms with Gasteiger partial charge in [0.1, 0.15) is 0 Å². The molecule has 3 N–H and O–H groups in total. The molecule has 3 heterocycles. The Labute approximate surface area is 163 Å². The summed E-state index contributed by atoms with van der Waals surface area (Å²) in [4.78, 5) is 30.2. The number of amides is 2. The molecule has 2 amide bonds. The van der Waals surface area contributed by atoms with Crippen LogP contribution < -0.4 is 5.43 Å². The Morgan fingerprint density at radius 3 is 2.79 bits per heavy atom. The molecule has 1 atom stereocenters. The maximum absolute atomic E-state index is 12.1. The zero-order chi connectivity index (χ0) is 19.7. The molecule has 1 aliphatic rings. The minimum Gasteiger partial charge on any atom is -0.493 e. The maximum atomic E-state index is 12.1. The summed E-state index contributed by atoms with van der Waals surface area (Å²) in [5.74, 6) is -0.739. The molecular weight excluding hydrogens is 380 g/mol. The highest BCUT2D eigenvalue weighted by Crippen LogP contribution is 2.36. The number of benzene rings is 1. The number of azo groups is 1. The summed E-state index contributed by atoms with van der Waals surface area (Å²) >= 11 is 1.14. The quantitative estimate of drug-likeness (QED) is 0.582. The Bertz CT molecular complexity index is 1140. The van der Waals surface area contributed by atoms with Gasteiger partial charge in [0.2, 0.25) is 5.88 Å². The predicted molar refractivity (Wildman–Crippen MR) is 105 cm³/mol. The number of hydrazone groups is 1. The Hall–Kier alpha value is -3.53. The molecular formula is C18H14N6O3S. The highest BCUT2D eigenvalue weighted by atomic mass is 32.2. The number of carbonyl (C=O) groups excluding carboxylic acids is 2. The van der Waals surface area contributed by atoms with E-state index in [0.717, 1.165) is 17.3 Å². The van der Waals surface area contributed by atoms with Gasteiger partial charge in [0, 0.05) is 23.3 Å². The van der Waals surface area contributed by atoms with Gasteiger partial charge in [-0.2, -0.15) is 5.10 Å². The first-order chi connectivity index (χ1) is 13.5. The van der Waals surface area contributed by atoms with Crippen molar-refractivity contribution in [2.45, 2.75) is 12.2 Å². The third-order valence-corrected chi connectivity index (χ3v) is 5.03. The van der Waals surface area contributed by atoms with Gasteiger partial charge in [-0.25, -0.2) is 5.43 Å². The fourth-order valence-electron chi connectivity index (χ4n) is 2.81. The average molecular weight is 394 g/mol. The van der Waals surface area contributed by atoms with E-state index >= 15 is 0 Å². The highest BCUT2D eigenvalue weighted by Gasteiger charge is 2.23. The normalized spacial score (nSPS) is 17.0. The zero-order valence-electron chi connectivity index (χ0n) is 14.6. The summed E-state index contributed by atoms with van der Waals surface area (Å²) < 4.78 is 0. The van der Waals surface area contributed by atoms with Crippen LogP contribution in [0.5, 0.6) is 5.88 Å². The van der Waals surface area contributed by atoms with Crippen molar-refractivity contribution >= 4 is 45.2 Å². The van der Waals surface area contributed by atoms with E-state index in [9.17, 15) is 14.7 Å². The first-order valence-corrected chi connectivity index (χ1v) is 9.16. The molecule has 1 aliphatic heterocycles. The van der Waals surface area contributed by atoms with Gasteiger partial charge >= 0.3 is 0 Å². The van der Waals surface area contributed by atoms with Crippen LogP contribution in [0.4, 0.5) is 10.5 Å². The fraction of sp³-hybridized carbons (Fsp3) is 0.111. The first-order valence-electron chi connectivity index (χ1n) is 8.28. The van der Waals surface area contributed by atoms with Gasteiger partial charge < -0.3 is 10.1 Å². The molecule has 0 fully saturated rings. The number of fused-ring (bicyclic) bond motifs is 1. The van der Waals surface area contributed by atoms with Gasteiger partial charge in [0.25, 0.3) is 11.1 Å². The molecule has 0 aliphatic carbocycles. The summed E-state index contributed by atoms with van der Waals surface area (Å²) in [7, 11) is 0. The molecule has 0 saturated carbocycles. The lowest BCUT2D eigenvalue weighted by atomic mass is 10.1. The van der Waals surface area contributed by atoms with Crippen molar-refractivity contribution in [2.75, 3.05) is 0 Å². The zero-order valence-corrected chi connectivity index (χ0v) is 15.4. The Morgan fingerprint density at radius 2 is 2.04 bits per heavy atom. The predicted octanol–water partition coefficient (Wildman–Crippen LogP) is 3.74. The number of pyridine rings is 1. The van der Waals surface area contributed by atoms with Crippen LogP contribution in [0.1, 0.15) is 22.8 Å². The molecule has 9 nitrogen and oxygen atoms in total. The van der Waals surface area contributed by atoms with Crippen molar-refractivity contribution in [3.63, 3.8) is 0 Å². The third kappa shape index (κ3) is 3.37. The largest absolute Gasteiger partial charge is 0.493 e. The Kier molecular flexibility index (Phi) is 4.62. The summed E-state index contributed by atoms with van der Waals surface area (Å²) in [5, 5.41) is 22.2. The van der Waals surface area contributed by atoms with Crippen molar-refractivity contribution in [3.8, 4) is 5.88 Å². The summed E-state index contributed by atoms with van der Waals surface area (Å²) in [6.45, 7) is 1.88. The van der Waals surface area contributed by atoms with Crippen LogP contribution >= 0.6 is 11.8 Å². The Morgan fingerprint density at radius 1 is 1.25 bits per heavy atom. The van der Waals surface area contributed by atoms with Crippen LogP contribution in [-0.2, 0) is 0 Å². The van der Waals surface area contributed by atoms with E-state index in [1.165, 1.54) is 24.5 Å². The minimum atomic E-state index is -0.545. The summed E-state index contributed by atoms with van der Waals surface area (Å²) in [6.07, 6.45) is 2.97. The lowest BCUT2D eigenvalue weighted by molar-refractivity contribution is 0.0995. The SMILES string of the molecule is CC1SC(=O)NN=C1c1ccc2[nH]c(O)c(N=NC(=O)c3ccncc3)c2c1. The lowest BCUT2D eigenvalue weighted by Crippen LogP contribution is -2.29. The summed E-state index contributed by atoms with van der Waals surface area (Å²) in [5.41, 5.74) is 5.04. The lowest BCUT2D eigenvalue weighted by Gasteiger charge is -2.18. The number of hydrogen-bond acceptors (Lipinski definition) is 7. The number of aromatic amines is 1. The van der Waals surface area contributed by atoms with Gasteiger partial charge in [-0.05, 0) is 36.8 Å². The second-order valence-electron chi connectivity index (χ2n) is 5.98. The molecule has 2 aromatic heterocycles. The van der Waals surface area contributed by atoms with Gasteiger partial charge in [-0.3, -0.25) is 14.6 Å². The van der Waals surface area contributed by atoms with E-state index in [-0.39, 0.29) is 22.1 Å². The van der Waals surface area contributed by atoms with Crippen molar-refractivity contribution in [2.24, 2.45) is 15.3 Å². The first kappa shape index (κ1) is 17.9. The van der Waals surface area contributed by atoms with Gasteiger partial charge in [-0.15, -0.1) is 10.2 Å². The van der Waals surface area contributed by atoms with Crippen LogP contribution in [0.3, 0.4) is 0 Å². The van der Waals surface area contributed by atoms with Crippen molar-refractivity contribution in [3.05, 3.63) is 53.9 Å². The third-order valence-electron chi connectivity index (χ3n) is 4.15. The molecule has 0 spiro atoms. The molecule has 1 aromatic carbocycles. The van der Waals surface area contributed by atoms with E-state index in [4.69, 9.17) is 0 Å². The standard InChI is InChI=1S/C18H14N6O3S/c1-9-14(21-24-18(27)28-9)11-2-3-13-12(8-11)15(17(26)20-13)22-23-16(25)10-4-6-19-7-5-10/h2-9,20,26H,1H3,(H,24,27). The number of thioether (sulfide) groups is 1. The van der Waals surface area contributed by atoms with Crippen LogP contribution in [0.2, 0.25) is 0 Å². The number of aromatic nitrogens is 2. The molecule has 10 heteroatoms. The summed E-state index contributed by atoms with van der Waals surface area (Å²) in [6, 6.07) is 8.44. The fourth-order valence-corrected chi connectivity index (χ4v) is 3.53. The minimum absolute atomic E-state index is 0.128. The molecule has 0 bridgehead atoms. The average Bonchev–Trinajstić information content (AvgIpc) is 3.01. The van der Waals surface area contributed by atoms with E-state index in [0.29, 0.717) is 22.2 Å². The molecule has 28 heavy (non-hydrogen) atoms. The second-order valence-corrected chi connectivity index (χ2v) is 7.29. The van der Waals surface area contributed by atoms with E-state index in [2.05, 4.69) is 30.7 Å². The van der Waals surface area contributed by atoms with Gasteiger partial charge in [-0.1, -0.05) is 17.8 Å². The monoisotopic (exact) mass is 394 g/mol. The van der Waals surface area contributed by atoms with Gasteiger partial charge in [0.05, 0.1) is 16.5 Å². The molecule has 3 aromatic rings. The number of nitrogens with zero attached hydrogens (tertiary/aromatic N) is 4. The molecule has 1 unspecified atom stereocenters. The molecule has 0 saturated heterocycles. The Balaban J connectivity index is 1.71. The van der Waals surface area contributed by atoms with E-state index < -0.39 is 5.91 Å². The van der Waals surface area contributed by atoms with Gasteiger partial charge in [0.15, 0.2) is 5.69 Å². The van der Waals surface area contributed by atoms with Crippen LogP contribution in [0.15, 0.2) is 58.1 Å². The number of carbonyl (C=O) groups is 2. The molecule has 4 rings (SSSR count). The highest BCUT2D eigenvalue weighted by molar-refractivity contribution is 8.14. The number of hydrogen-bond donors (Lipinski definition) is 3. The smallest absolute Gasteiger partial charge is 0.299 e.